The van der Waals surface area contributed by atoms with Crippen molar-refractivity contribution in [2.75, 3.05) is 0 Å². The van der Waals surface area contributed by atoms with Gasteiger partial charge in [-0.25, -0.2) is 0 Å². The Morgan fingerprint density at radius 2 is 1.41 bits per heavy atom. The summed E-state index contributed by atoms with van der Waals surface area (Å²) >= 11 is 0. The molecule has 0 saturated carbocycles. The average Bonchev–Trinajstić information content (AvgIpc) is 2.12. The van der Waals surface area contributed by atoms with Crippen molar-refractivity contribution in [3.63, 3.8) is 0 Å². The summed E-state index contributed by atoms with van der Waals surface area (Å²) in [6, 6.07) is 7.13. The van der Waals surface area contributed by atoms with Gasteiger partial charge in [-0.05, 0) is 23.0 Å². The molecule has 1 rings (SSSR count). The molecule has 96 valence electrons. The molecule has 1 N–H and O–H groups in total. The van der Waals surface area contributed by atoms with Crippen LogP contribution in [0.2, 0.25) is 0 Å². The van der Waals surface area contributed by atoms with Crippen LogP contribution in [0.4, 0.5) is 0 Å². The van der Waals surface area contributed by atoms with Gasteiger partial charge in [-0.2, -0.15) is 0 Å². The third kappa shape index (κ3) is 3.65. The van der Waals surface area contributed by atoms with Crippen molar-refractivity contribution in [3.8, 4) is 11.5 Å². The highest BCUT2D eigenvalue weighted by Gasteiger charge is 2.37. The van der Waals surface area contributed by atoms with Gasteiger partial charge in [-0.3, -0.25) is 0 Å². The lowest BCUT2D eigenvalue weighted by Crippen LogP contribution is -2.42. The number of benzene rings is 1. The Labute approximate surface area is 105 Å². The molecule has 0 aliphatic heterocycles. The van der Waals surface area contributed by atoms with Gasteiger partial charge in [0.15, 0.2) is 11.5 Å². The van der Waals surface area contributed by atoms with Crippen molar-refractivity contribution in [1.29, 1.82) is 0 Å². The number of hydrogen-bond acceptors (Lipinski definition) is 2. The first kappa shape index (κ1) is 13.9. The van der Waals surface area contributed by atoms with Crippen molar-refractivity contribution in [2.24, 2.45) is 10.8 Å². The molecular weight excluding hydrogens is 212 g/mol. The zero-order valence-corrected chi connectivity index (χ0v) is 11.7. The predicted octanol–water partition coefficient (Wildman–Crippen LogP) is 4.23. The minimum absolute atomic E-state index is 0.0144. The Hall–Kier alpha value is -1.18. The molecule has 0 atom stereocenters. The molecule has 0 amide bonds. The molecule has 0 aliphatic carbocycles. The fourth-order valence-electron chi connectivity index (χ4n) is 2.34. The van der Waals surface area contributed by atoms with E-state index in [1.807, 2.05) is 6.07 Å². The molecule has 0 bridgehead atoms. The van der Waals surface area contributed by atoms with Crippen molar-refractivity contribution in [3.05, 3.63) is 24.3 Å². The van der Waals surface area contributed by atoms with E-state index >= 15 is 0 Å². The maximum atomic E-state index is 9.77. The van der Waals surface area contributed by atoms with Gasteiger partial charge >= 0.3 is 0 Å². The normalized spacial score (nSPS) is 12.9. The molecule has 0 unspecified atom stereocenters. The smallest absolute Gasteiger partial charge is 0.161 e. The van der Waals surface area contributed by atoms with Crippen LogP contribution in [0.15, 0.2) is 24.3 Å². The maximum absolute atomic E-state index is 9.77. The highest BCUT2D eigenvalue weighted by Crippen LogP contribution is 2.38. The SMILES string of the molecule is CC(C)(C)C(Oc1ccccc1O)C(C)(C)C. The molecule has 17 heavy (non-hydrogen) atoms. The first-order valence-corrected chi connectivity index (χ1v) is 6.07. The quantitative estimate of drug-likeness (QED) is 0.832. The van der Waals surface area contributed by atoms with Gasteiger partial charge in [-0.15, -0.1) is 0 Å². The van der Waals surface area contributed by atoms with Gasteiger partial charge in [0, 0.05) is 0 Å². The number of rotatable bonds is 2. The van der Waals surface area contributed by atoms with Crippen LogP contribution in [-0.2, 0) is 0 Å². The zero-order chi connectivity index (χ0) is 13.3. The number of phenols is 1. The summed E-state index contributed by atoms with van der Waals surface area (Å²) in [6.07, 6.45) is 0.0308. The lowest BCUT2D eigenvalue weighted by Gasteiger charge is -2.40. The van der Waals surface area contributed by atoms with Crippen LogP contribution in [0.1, 0.15) is 41.5 Å². The van der Waals surface area contributed by atoms with Crippen LogP contribution in [0.5, 0.6) is 11.5 Å². The molecule has 0 aliphatic rings. The van der Waals surface area contributed by atoms with E-state index in [0.29, 0.717) is 5.75 Å². The average molecular weight is 236 g/mol. The van der Waals surface area contributed by atoms with E-state index in [1.54, 1.807) is 18.2 Å². The lowest BCUT2D eigenvalue weighted by molar-refractivity contribution is -0.00323. The summed E-state index contributed by atoms with van der Waals surface area (Å²) in [5, 5.41) is 9.77. The molecule has 0 heterocycles. The molecule has 0 radical (unpaired) electrons. The molecule has 0 spiro atoms. The second kappa shape index (κ2) is 4.59. The number of phenolic OH excluding ortho intramolecular Hbond substituents is 1. The fourth-order valence-corrected chi connectivity index (χ4v) is 2.34. The topological polar surface area (TPSA) is 29.5 Å². The van der Waals surface area contributed by atoms with Gasteiger partial charge in [0.05, 0.1) is 0 Å². The largest absolute Gasteiger partial charge is 0.504 e. The number of aromatic hydroxyl groups is 1. The van der Waals surface area contributed by atoms with Crippen LogP contribution in [0, 0.1) is 10.8 Å². The van der Waals surface area contributed by atoms with Crippen LogP contribution in [-0.4, -0.2) is 11.2 Å². The van der Waals surface area contributed by atoms with E-state index in [2.05, 4.69) is 41.5 Å². The summed E-state index contributed by atoms with van der Waals surface area (Å²) in [4.78, 5) is 0. The van der Waals surface area contributed by atoms with Gasteiger partial charge in [-0.1, -0.05) is 53.7 Å². The molecular formula is C15H24O2. The molecule has 2 heteroatoms. The number of hydrogen-bond donors (Lipinski definition) is 1. The summed E-state index contributed by atoms with van der Waals surface area (Å²) in [6.45, 7) is 12.9. The minimum atomic E-state index is 0.0144. The monoisotopic (exact) mass is 236 g/mol. The van der Waals surface area contributed by atoms with Crippen molar-refractivity contribution in [1.82, 2.24) is 0 Å². The van der Waals surface area contributed by atoms with Crippen LogP contribution < -0.4 is 4.74 Å². The Kier molecular flexibility index (Phi) is 3.75. The van der Waals surface area contributed by atoms with Gasteiger partial charge in [0.1, 0.15) is 6.10 Å². The first-order valence-electron chi connectivity index (χ1n) is 6.07. The molecule has 0 fully saturated rings. The Balaban J connectivity index is 3.00. The van der Waals surface area contributed by atoms with E-state index in [-0.39, 0.29) is 22.7 Å². The van der Waals surface area contributed by atoms with Gasteiger partial charge < -0.3 is 9.84 Å². The van der Waals surface area contributed by atoms with E-state index in [9.17, 15) is 5.11 Å². The minimum Gasteiger partial charge on any atom is -0.504 e. The third-order valence-electron chi connectivity index (χ3n) is 2.68. The van der Waals surface area contributed by atoms with Gasteiger partial charge in [0.2, 0.25) is 0 Å². The lowest BCUT2D eigenvalue weighted by atomic mass is 9.74. The van der Waals surface area contributed by atoms with E-state index in [1.165, 1.54) is 0 Å². The standard InChI is InChI=1S/C15H24O2/c1-14(2,3)13(15(4,5)6)17-12-10-8-7-9-11(12)16/h7-10,13,16H,1-6H3. The first-order chi connectivity index (χ1) is 7.62. The van der Waals surface area contributed by atoms with E-state index < -0.39 is 0 Å². The summed E-state index contributed by atoms with van der Waals surface area (Å²) < 4.78 is 6.02. The molecule has 1 aromatic carbocycles. The molecule has 1 aromatic rings. The second-order valence-electron chi connectivity index (χ2n) is 6.70. The van der Waals surface area contributed by atoms with Crippen molar-refractivity contribution < 1.29 is 9.84 Å². The predicted molar refractivity (Wildman–Crippen MR) is 71.4 cm³/mol. The summed E-state index contributed by atoms with van der Waals surface area (Å²) in [5.74, 6) is 0.758. The Morgan fingerprint density at radius 1 is 0.941 bits per heavy atom. The molecule has 0 saturated heterocycles. The van der Waals surface area contributed by atoms with Crippen LogP contribution in [0.25, 0.3) is 0 Å². The third-order valence-corrected chi connectivity index (χ3v) is 2.68. The fraction of sp³-hybridized carbons (Fsp3) is 0.600. The molecule has 0 aromatic heterocycles. The number of para-hydroxylation sites is 2. The summed E-state index contributed by atoms with van der Waals surface area (Å²) in [5.41, 5.74) is 0.0288. The van der Waals surface area contributed by atoms with Crippen molar-refractivity contribution in [2.45, 2.75) is 47.6 Å². The Bertz CT molecular complexity index is 355. The highest BCUT2D eigenvalue weighted by atomic mass is 16.5. The Morgan fingerprint density at radius 3 is 1.82 bits per heavy atom. The van der Waals surface area contributed by atoms with Crippen molar-refractivity contribution >= 4 is 0 Å². The van der Waals surface area contributed by atoms with Gasteiger partial charge in [0.25, 0.3) is 0 Å². The van der Waals surface area contributed by atoms with Crippen LogP contribution >= 0.6 is 0 Å². The maximum Gasteiger partial charge on any atom is 0.161 e. The van der Waals surface area contributed by atoms with E-state index in [4.69, 9.17) is 4.74 Å². The zero-order valence-electron chi connectivity index (χ0n) is 11.7. The van der Waals surface area contributed by atoms with E-state index in [0.717, 1.165) is 0 Å². The van der Waals surface area contributed by atoms with Crippen LogP contribution in [0.3, 0.4) is 0 Å². The summed E-state index contributed by atoms with van der Waals surface area (Å²) in [7, 11) is 0. The number of ether oxygens (including phenoxy) is 1. The second-order valence-corrected chi connectivity index (χ2v) is 6.70. The highest BCUT2D eigenvalue weighted by molar-refractivity contribution is 5.38. The molecule has 2 nitrogen and oxygen atoms in total.